The lowest BCUT2D eigenvalue weighted by Gasteiger charge is -2.34. The van der Waals surface area contributed by atoms with E-state index in [-0.39, 0.29) is 5.91 Å². The van der Waals surface area contributed by atoms with Gasteiger partial charge in [0.15, 0.2) is 5.13 Å². The number of halogens is 1. The summed E-state index contributed by atoms with van der Waals surface area (Å²) in [6.07, 6.45) is 5.28. The standard InChI is InChI=1S/C18H16ClN3OS2/c19-17-13-3-1-2-4-14(13)25-15(17)5-6-16(23)21-8-10-22(11-9-21)18-20-7-12-24-18/h1-7,12H,8-11H2/b6-5+. The normalized spacial score (nSPS) is 15.4. The summed E-state index contributed by atoms with van der Waals surface area (Å²) in [4.78, 5) is 21.8. The van der Waals surface area contributed by atoms with Crippen LogP contribution in [-0.2, 0) is 4.79 Å². The molecule has 1 aliphatic rings. The lowest BCUT2D eigenvalue weighted by atomic mass is 10.2. The predicted octanol–water partition coefficient (Wildman–Crippen LogP) is 4.37. The van der Waals surface area contributed by atoms with Gasteiger partial charge in [0.2, 0.25) is 5.91 Å². The van der Waals surface area contributed by atoms with Crippen LogP contribution < -0.4 is 4.90 Å². The molecule has 0 unspecified atom stereocenters. The van der Waals surface area contributed by atoms with E-state index >= 15 is 0 Å². The molecule has 0 saturated carbocycles. The van der Waals surface area contributed by atoms with Gasteiger partial charge in [0, 0.05) is 58.8 Å². The van der Waals surface area contributed by atoms with Crippen LogP contribution in [0, 0.1) is 0 Å². The van der Waals surface area contributed by atoms with E-state index in [1.54, 1.807) is 28.7 Å². The van der Waals surface area contributed by atoms with Gasteiger partial charge in [-0.3, -0.25) is 4.79 Å². The average molecular weight is 390 g/mol. The molecule has 0 aliphatic carbocycles. The van der Waals surface area contributed by atoms with Crippen molar-refractivity contribution in [2.24, 2.45) is 0 Å². The second-order valence-corrected chi connectivity index (χ2v) is 8.07. The molecule has 1 aromatic carbocycles. The molecule has 1 aliphatic heterocycles. The van der Waals surface area contributed by atoms with Crippen LogP contribution in [0.2, 0.25) is 5.02 Å². The number of hydrogen-bond donors (Lipinski definition) is 0. The highest BCUT2D eigenvalue weighted by atomic mass is 35.5. The summed E-state index contributed by atoms with van der Waals surface area (Å²) in [5.41, 5.74) is 0. The maximum absolute atomic E-state index is 12.5. The molecule has 0 bridgehead atoms. The van der Waals surface area contributed by atoms with Gasteiger partial charge in [0.05, 0.1) is 5.02 Å². The Balaban J connectivity index is 1.41. The first-order valence-electron chi connectivity index (χ1n) is 8.01. The number of carbonyl (C=O) groups excluding carboxylic acids is 1. The first kappa shape index (κ1) is 16.6. The van der Waals surface area contributed by atoms with Crippen molar-refractivity contribution in [3.63, 3.8) is 0 Å². The lowest BCUT2D eigenvalue weighted by molar-refractivity contribution is -0.126. The third kappa shape index (κ3) is 3.42. The Morgan fingerprint density at radius 2 is 2.00 bits per heavy atom. The zero-order valence-corrected chi connectivity index (χ0v) is 15.8. The highest BCUT2D eigenvalue weighted by molar-refractivity contribution is 7.20. The quantitative estimate of drug-likeness (QED) is 0.624. The molecule has 3 heterocycles. The number of anilines is 1. The van der Waals surface area contributed by atoms with Gasteiger partial charge >= 0.3 is 0 Å². The van der Waals surface area contributed by atoms with Gasteiger partial charge in [-0.05, 0) is 12.1 Å². The SMILES string of the molecule is O=C(/C=C/c1sc2ccccc2c1Cl)N1CCN(c2nccs2)CC1. The Labute approximate surface area is 159 Å². The number of rotatable bonds is 3. The van der Waals surface area contributed by atoms with Gasteiger partial charge in [0.1, 0.15) is 0 Å². The van der Waals surface area contributed by atoms with Crippen LogP contribution in [0.1, 0.15) is 4.88 Å². The van der Waals surface area contributed by atoms with Crippen molar-refractivity contribution < 1.29 is 4.79 Å². The number of amides is 1. The van der Waals surface area contributed by atoms with Gasteiger partial charge in [-0.25, -0.2) is 4.98 Å². The second kappa shape index (κ2) is 7.15. The van der Waals surface area contributed by atoms with Crippen molar-refractivity contribution in [3.05, 3.63) is 51.8 Å². The zero-order chi connectivity index (χ0) is 17.2. The van der Waals surface area contributed by atoms with Crippen molar-refractivity contribution in [1.82, 2.24) is 9.88 Å². The largest absolute Gasteiger partial charge is 0.345 e. The first-order chi connectivity index (χ1) is 12.2. The van der Waals surface area contributed by atoms with Crippen LogP contribution in [0.4, 0.5) is 5.13 Å². The minimum Gasteiger partial charge on any atom is -0.345 e. The van der Waals surface area contributed by atoms with E-state index in [4.69, 9.17) is 11.6 Å². The number of aromatic nitrogens is 1. The van der Waals surface area contributed by atoms with Crippen molar-refractivity contribution in [2.45, 2.75) is 0 Å². The molecule has 3 aromatic rings. The zero-order valence-electron chi connectivity index (χ0n) is 13.4. The Morgan fingerprint density at radius 1 is 1.20 bits per heavy atom. The molecule has 0 atom stereocenters. The highest BCUT2D eigenvalue weighted by Gasteiger charge is 2.21. The third-order valence-electron chi connectivity index (χ3n) is 4.22. The van der Waals surface area contributed by atoms with Crippen LogP contribution in [-0.4, -0.2) is 42.0 Å². The van der Waals surface area contributed by atoms with E-state index in [0.717, 1.165) is 38.2 Å². The topological polar surface area (TPSA) is 36.4 Å². The van der Waals surface area contributed by atoms with Crippen LogP contribution in [0.5, 0.6) is 0 Å². The number of nitrogens with zero attached hydrogens (tertiary/aromatic N) is 3. The molecule has 4 rings (SSSR count). The Bertz CT molecular complexity index is 912. The predicted molar refractivity (Wildman–Crippen MR) is 107 cm³/mol. The van der Waals surface area contributed by atoms with Gasteiger partial charge < -0.3 is 9.80 Å². The number of carbonyl (C=O) groups is 1. The van der Waals surface area contributed by atoms with Crippen LogP contribution in [0.25, 0.3) is 16.2 Å². The number of piperazine rings is 1. The average Bonchev–Trinajstić information content (AvgIpc) is 3.29. The molecule has 2 aromatic heterocycles. The Kier molecular flexibility index (Phi) is 4.74. The van der Waals surface area contributed by atoms with Crippen molar-refractivity contribution in [2.75, 3.05) is 31.1 Å². The van der Waals surface area contributed by atoms with E-state index in [2.05, 4.69) is 9.88 Å². The summed E-state index contributed by atoms with van der Waals surface area (Å²) in [6.45, 7) is 3.05. The first-order valence-corrected chi connectivity index (χ1v) is 10.1. The number of fused-ring (bicyclic) bond motifs is 1. The molecule has 4 nitrogen and oxygen atoms in total. The fraction of sp³-hybridized carbons (Fsp3) is 0.222. The van der Waals surface area contributed by atoms with E-state index in [1.165, 1.54) is 0 Å². The fourth-order valence-corrected chi connectivity index (χ4v) is 4.98. The van der Waals surface area contributed by atoms with Crippen LogP contribution in [0.3, 0.4) is 0 Å². The van der Waals surface area contributed by atoms with E-state index in [1.807, 2.05) is 46.8 Å². The number of thiazole rings is 1. The summed E-state index contributed by atoms with van der Waals surface area (Å²) in [7, 11) is 0. The van der Waals surface area contributed by atoms with E-state index in [0.29, 0.717) is 13.1 Å². The van der Waals surface area contributed by atoms with Crippen molar-refractivity contribution in [3.8, 4) is 0 Å². The highest BCUT2D eigenvalue weighted by Crippen LogP contribution is 2.35. The number of thiophene rings is 1. The summed E-state index contributed by atoms with van der Waals surface area (Å²) in [6, 6.07) is 8.02. The molecule has 1 amide bonds. The molecule has 0 N–H and O–H groups in total. The van der Waals surface area contributed by atoms with Crippen molar-refractivity contribution in [1.29, 1.82) is 0 Å². The monoisotopic (exact) mass is 389 g/mol. The van der Waals surface area contributed by atoms with E-state index in [9.17, 15) is 4.79 Å². The summed E-state index contributed by atoms with van der Waals surface area (Å²) in [5, 5.41) is 4.76. The lowest BCUT2D eigenvalue weighted by Crippen LogP contribution is -2.48. The summed E-state index contributed by atoms with van der Waals surface area (Å²) in [5.74, 6) is 0.0345. The molecular weight excluding hydrogens is 374 g/mol. The third-order valence-corrected chi connectivity index (χ3v) is 6.71. The number of hydrogen-bond acceptors (Lipinski definition) is 5. The van der Waals surface area contributed by atoms with Gasteiger partial charge in [0.25, 0.3) is 0 Å². The van der Waals surface area contributed by atoms with Crippen LogP contribution >= 0.6 is 34.3 Å². The molecule has 7 heteroatoms. The molecule has 25 heavy (non-hydrogen) atoms. The summed E-state index contributed by atoms with van der Waals surface area (Å²) >= 11 is 9.67. The fourth-order valence-electron chi connectivity index (χ4n) is 2.88. The maximum Gasteiger partial charge on any atom is 0.246 e. The minimum atomic E-state index is 0.0345. The molecule has 0 radical (unpaired) electrons. The second-order valence-electron chi connectivity index (χ2n) is 5.74. The Hall–Kier alpha value is -1.89. The minimum absolute atomic E-state index is 0.0345. The van der Waals surface area contributed by atoms with E-state index < -0.39 is 0 Å². The molecule has 128 valence electrons. The molecule has 0 spiro atoms. The van der Waals surface area contributed by atoms with Crippen LogP contribution in [0.15, 0.2) is 41.9 Å². The molecular formula is C18H16ClN3OS2. The maximum atomic E-state index is 12.5. The van der Waals surface area contributed by atoms with Crippen molar-refractivity contribution >= 4 is 61.5 Å². The van der Waals surface area contributed by atoms with Gasteiger partial charge in [-0.1, -0.05) is 29.8 Å². The smallest absolute Gasteiger partial charge is 0.246 e. The van der Waals surface area contributed by atoms with Gasteiger partial charge in [-0.2, -0.15) is 0 Å². The van der Waals surface area contributed by atoms with Gasteiger partial charge in [-0.15, -0.1) is 22.7 Å². The number of benzene rings is 1. The molecule has 1 fully saturated rings. The summed E-state index contributed by atoms with van der Waals surface area (Å²) < 4.78 is 1.14. The Morgan fingerprint density at radius 3 is 2.72 bits per heavy atom. The molecule has 1 saturated heterocycles.